The quantitative estimate of drug-likeness (QED) is 0.767. The highest BCUT2D eigenvalue weighted by Crippen LogP contribution is 2.22. The van der Waals surface area contributed by atoms with Crippen LogP contribution in [0.15, 0.2) is 34.1 Å². The molecule has 112 valence electrons. The standard InChI is InChI=1S/C11H16N2O5S2/c1-12-19(15,16)10-2-4-11(5-3-10)20(17,18)13-7-6-9(14)8-13/h2-5,9,12,14H,6-8H2,1H3/t9-/m1/s1. The lowest BCUT2D eigenvalue weighted by molar-refractivity contribution is 0.189. The molecule has 1 aromatic carbocycles. The maximum Gasteiger partial charge on any atom is 0.243 e. The Bertz CT molecular complexity index is 682. The van der Waals surface area contributed by atoms with E-state index in [-0.39, 0.29) is 22.9 Å². The van der Waals surface area contributed by atoms with Crippen molar-refractivity contribution in [3.8, 4) is 0 Å². The second kappa shape index (κ2) is 5.41. The summed E-state index contributed by atoms with van der Waals surface area (Å²) in [5, 5.41) is 9.40. The number of sulfonamides is 2. The van der Waals surface area contributed by atoms with Gasteiger partial charge in [-0.05, 0) is 37.7 Å². The molecule has 1 fully saturated rings. The number of hydrogen-bond donors (Lipinski definition) is 2. The smallest absolute Gasteiger partial charge is 0.243 e. The van der Waals surface area contributed by atoms with Crippen molar-refractivity contribution < 1.29 is 21.9 Å². The molecule has 2 N–H and O–H groups in total. The molecule has 9 heteroatoms. The summed E-state index contributed by atoms with van der Waals surface area (Å²) in [4.78, 5) is 0.0158. The molecule has 1 saturated heterocycles. The van der Waals surface area contributed by atoms with Gasteiger partial charge >= 0.3 is 0 Å². The van der Waals surface area contributed by atoms with Crippen molar-refractivity contribution in [3.63, 3.8) is 0 Å². The fourth-order valence-electron chi connectivity index (χ4n) is 1.99. The van der Waals surface area contributed by atoms with Crippen LogP contribution in [-0.4, -0.2) is 52.5 Å². The Balaban J connectivity index is 2.30. The first-order valence-corrected chi connectivity index (χ1v) is 8.91. The Kier molecular flexibility index (Phi) is 4.17. The summed E-state index contributed by atoms with van der Waals surface area (Å²) in [6.45, 7) is 0.332. The Morgan fingerprint density at radius 3 is 2.15 bits per heavy atom. The maximum atomic E-state index is 12.3. The lowest BCUT2D eigenvalue weighted by Crippen LogP contribution is -2.29. The van der Waals surface area contributed by atoms with E-state index in [4.69, 9.17) is 0 Å². The first-order valence-electron chi connectivity index (χ1n) is 5.99. The second-order valence-electron chi connectivity index (χ2n) is 4.48. The average Bonchev–Trinajstić information content (AvgIpc) is 2.86. The van der Waals surface area contributed by atoms with Gasteiger partial charge in [0, 0.05) is 13.1 Å². The van der Waals surface area contributed by atoms with E-state index in [1.165, 1.54) is 35.6 Å². The van der Waals surface area contributed by atoms with Gasteiger partial charge in [0.1, 0.15) is 0 Å². The highest BCUT2D eigenvalue weighted by molar-refractivity contribution is 7.89. The maximum absolute atomic E-state index is 12.3. The third-order valence-corrected chi connectivity index (χ3v) is 6.48. The van der Waals surface area contributed by atoms with Crippen LogP contribution >= 0.6 is 0 Å². The van der Waals surface area contributed by atoms with E-state index in [2.05, 4.69) is 4.72 Å². The van der Waals surface area contributed by atoms with Crippen LogP contribution in [0, 0.1) is 0 Å². The molecule has 0 saturated carbocycles. The third-order valence-electron chi connectivity index (χ3n) is 3.17. The van der Waals surface area contributed by atoms with E-state index in [1.807, 2.05) is 0 Å². The van der Waals surface area contributed by atoms with Crippen LogP contribution < -0.4 is 4.72 Å². The van der Waals surface area contributed by atoms with E-state index in [1.54, 1.807) is 0 Å². The van der Waals surface area contributed by atoms with Gasteiger partial charge in [0.05, 0.1) is 15.9 Å². The van der Waals surface area contributed by atoms with Crippen molar-refractivity contribution in [1.29, 1.82) is 0 Å². The molecule has 1 heterocycles. The lowest BCUT2D eigenvalue weighted by Gasteiger charge is -2.15. The Labute approximate surface area is 118 Å². The Hall–Kier alpha value is -1.00. The topological polar surface area (TPSA) is 104 Å². The van der Waals surface area contributed by atoms with Crippen molar-refractivity contribution >= 4 is 20.0 Å². The first-order chi connectivity index (χ1) is 9.27. The van der Waals surface area contributed by atoms with Gasteiger partial charge in [-0.3, -0.25) is 0 Å². The molecule has 0 unspecified atom stereocenters. The third kappa shape index (κ3) is 2.86. The van der Waals surface area contributed by atoms with E-state index < -0.39 is 26.2 Å². The van der Waals surface area contributed by atoms with Crippen LogP contribution in [0.4, 0.5) is 0 Å². The van der Waals surface area contributed by atoms with Crippen LogP contribution in [0.25, 0.3) is 0 Å². The number of aliphatic hydroxyl groups excluding tert-OH is 1. The molecule has 0 aliphatic carbocycles. The Morgan fingerprint density at radius 1 is 1.15 bits per heavy atom. The molecule has 7 nitrogen and oxygen atoms in total. The van der Waals surface area contributed by atoms with E-state index in [0.717, 1.165) is 0 Å². The van der Waals surface area contributed by atoms with Gasteiger partial charge < -0.3 is 5.11 Å². The van der Waals surface area contributed by atoms with Crippen molar-refractivity contribution in [2.24, 2.45) is 0 Å². The lowest BCUT2D eigenvalue weighted by atomic mass is 10.3. The largest absolute Gasteiger partial charge is 0.392 e. The molecule has 0 radical (unpaired) electrons. The summed E-state index contributed by atoms with van der Waals surface area (Å²) in [5.41, 5.74) is 0. The number of benzene rings is 1. The highest BCUT2D eigenvalue weighted by Gasteiger charge is 2.31. The van der Waals surface area contributed by atoms with Gasteiger partial charge in [0.15, 0.2) is 0 Å². The van der Waals surface area contributed by atoms with Crippen molar-refractivity contribution in [1.82, 2.24) is 9.03 Å². The minimum absolute atomic E-state index is 0.000377. The van der Waals surface area contributed by atoms with Gasteiger partial charge in [0.25, 0.3) is 0 Å². The molecule has 0 bridgehead atoms. The van der Waals surface area contributed by atoms with Crippen LogP contribution in [0.2, 0.25) is 0 Å². The van der Waals surface area contributed by atoms with E-state index in [9.17, 15) is 21.9 Å². The normalized spacial score (nSPS) is 21.2. The molecular formula is C11H16N2O5S2. The summed E-state index contributed by atoms with van der Waals surface area (Å²) in [6.07, 6.45) is -0.237. The minimum atomic E-state index is -3.68. The Morgan fingerprint density at radius 2 is 1.70 bits per heavy atom. The summed E-state index contributed by atoms with van der Waals surface area (Å²) in [6, 6.07) is 4.99. The number of rotatable bonds is 4. The van der Waals surface area contributed by atoms with Crippen LogP contribution in [0.3, 0.4) is 0 Å². The zero-order valence-electron chi connectivity index (χ0n) is 10.9. The SMILES string of the molecule is CNS(=O)(=O)c1ccc(S(=O)(=O)N2CC[C@@H](O)C2)cc1. The molecule has 2 rings (SSSR count). The second-order valence-corrected chi connectivity index (χ2v) is 8.31. The number of β-amino-alcohol motifs (C(OH)–C–C–N with tert-alkyl or cyclic N) is 1. The zero-order valence-corrected chi connectivity index (χ0v) is 12.5. The fraction of sp³-hybridized carbons (Fsp3) is 0.455. The molecule has 0 spiro atoms. The van der Waals surface area contributed by atoms with E-state index >= 15 is 0 Å². The van der Waals surface area contributed by atoms with Gasteiger partial charge in [-0.15, -0.1) is 0 Å². The van der Waals surface area contributed by atoms with Crippen LogP contribution in [0.5, 0.6) is 0 Å². The monoisotopic (exact) mass is 320 g/mol. The number of aliphatic hydroxyl groups is 1. The molecule has 0 aromatic heterocycles. The highest BCUT2D eigenvalue weighted by atomic mass is 32.2. The minimum Gasteiger partial charge on any atom is -0.392 e. The van der Waals surface area contributed by atoms with Gasteiger partial charge in [0.2, 0.25) is 20.0 Å². The van der Waals surface area contributed by atoms with Crippen molar-refractivity contribution in [2.75, 3.05) is 20.1 Å². The predicted molar refractivity (Wildman–Crippen MR) is 72.1 cm³/mol. The summed E-state index contributed by atoms with van der Waals surface area (Å²) < 4.78 is 51.0. The summed E-state index contributed by atoms with van der Waals surface area (Å²) in [5.74, 6) is 0. The van der Waals surface area contributed by atoms with Crippen molar-refractivity contribution in [2.45, 2.75) is 22.3 Å². The molecule has 1 aromatic rings. The van der Waals surface area contributed by atoms with E-state index in [0.29, 0.717) is 6.42 Å². The number of hydrogen-bond acceptors (Lipinski definition) is 5. The molecule has 1 aliphatic rings. The first kappa shape index (κ1) is 15.4. The van der Waals surface area contributed by atoms with Crippen LogP contribution in [-0.2, 0) is 20.0 Å². The van der Waals surface area contributed by atoms with Crippen molar-refractivity contribution in [3.05, 3.63) is 24.3 Å². The zero-order chi connectivity index (χ0) is 15.0. The summed E-state index contributed by atoms with van der Waals surface area (Å²) in [7, 11) is -5.99. The molecule has 1 aliphatic heterocycles. The number of nitrogens with zero attached hydrogens (tertiary/aromatic N) is 1. The van der Waals surface area contributed by atoms with Gasteiger partial charge in [-0.1, -0.05) is 0 Å². The fourth-order valence-corrected chi connectivity index (χ4v) is 4.21. The number of nitrogens with one attached hydrogen (secondary N) is 1. The average molecular weight is 320 g/mol. The molecule has 20 heavy (non-hydrogen) atoms. The van der Waals surface area contributed by atoms with Gasteiger partial charge in [-0.25, -0.2) is 21.6 Å². The van der Waals surface area contributed by atoms with Crippen LogP contribution in [0.1, 0.15) is 6.42 Å². The van der Waals surface area contributed by atoms with Gasteiger partial charge in [-0.2, -0.15) is 4.31 Å². The molecule has 1 atom stereocenters. The summed E-state index contributed by atoms with van der Waals surface area (Å²) >= 11 is 0. The molecular weight excluding hydrogens is 304 g/mol. The molecule has 0 amide bonds. The predicted octanol–water partition coefficient (Wildman–Crippen LogP) is -0.650.